The monoisotopic (exact) mass is 507 g/mol. The van der Waals surface area contributed by atoms with Crippen molar-refractivity contribution in [3.63, 3.8) is 0 Å². The number of hydrogen-bond donors (Lipinski definition) is 0. The van der Waals surface area contributed by atoms with Crippen LogP contribution in [0.1, 0.15) is 5.69 Å². The molecule has 0 spiro atoms. The second kappa shape index (κ2) is 8.37. The average Bonchev–Trinajstić information content (AvgIpc) is 3.52. The Hall–Kier alpha value is -3.50. The standard InChI is InChI=1S/C23H11ClF5N3OS/c24-16-5-2-6-17(26)19(16)20-18(12-7-8-34-11-12)21(33-31-20)15-10-30-32(22(15)23(27,28)29)14-4-1-3-13(25)9-14/h1-11H. The van der Waals surface area contributed by atoms with Gasteiger partial charge in [0.05, 0.1) is 33.6 Å². The number of nitrogens with zero attached hydrogens (tertiary/aromatic N) is 3. The van der Waals surface area contributed by atoms with Gasteiger partial charge in [-0.05, 0) is 52.7 Å². The molecule has 172 valence electrons. The molecule has 0 fully saturated rings. The highest BCUT2D eigenvalue weighted by Gasteiger charge is 2.41. The van der Waals surface area contributed by atoms with E-state index in [4.69, 9.17) is 16.1 Å². The van der Waals surface area contributed by atoms with Crippen LogP contribution in [0.15, 0.2) is 70.0 Å². The van der Waals surface area contributed by atoms with Crippen LogP contribution in [-0.4, -0.2) is 14.9 Å². The Kier molecular flexibility index (Phi) is 5.49. The highest BCUT2D eigenvalue weighted by atomic mass is 35.5. The predicted octanol–water partition coefficient (Wildman–Crippen LogP) is 7.87. The zero-order valence-corrected chi connectivity index (χ0v) is 18.3. The van der Waals surface area contributed by atoms with E-state index in [9.17, 15) is 22.0 Å². The fourth-order valence-corrected chi connectivity index (χ4v) is 4.53. The van der Waals surface area contributed by atoms with Gasteiger partial charge >= 0.3 is 6.18 Å². The first kappa shape index (κ1) is 22.3. The Labute approximate surface area is 197 Å². The molecule has 11 heteroatoms. The van der Waals surface area contributed by atoms with Gasteiger partial charge in [0.2, 0.25) is 0 Å². The highest BCUT2D eigenvalue weighted by molar-refractivity contribution is 7.08. The Morgan fingerprint density at radius 3 is 2.47 bits per heavy atom. The van der Waals surface area contributed by atoms with Gasteiger partial charge in [-0.25, -0.2) is 13.5 Å². The van der Waals surface area contributed by atoms with Gasteiger partial charge in [0.1, 0.15) is 17.3 Å². The number of hydrogen-bond acceptors (Lipinski definition) is 4. The van der Waals surface area contributed by atoms with E-state index >= 15 is 0 Å². The molecule has 3 aromatic heterocycles. The van der Waals surface area contributed by atoms with Crippen molar-refractivity contribution in [2.45, 2.75) is 6.18 Å². The van der Waals surface area contributed by atoms with Crippen LogP contribution in [-0.2, 0) is 6.18 Å². The molecule has 5 aromatic rings. The van der Waals surface area contributed by atoms with Crippen molar-refractivity contribution >= 4 is 22.9 Å². The summed E-state index contributed by atoms with van der Waals surface area (Å²) in [6, 6.07) is 10.2. The van der Waals surface area contributed by atoms with Crippen LogP contribution in [0.25, 0.3) is 39.4 Å². The largest absolute Gasteiger partial charge is 0.434 e. The number of rotatable bonds is 4. The van der Waals surface area contributed by atoms with Crippen molar-refractivity contribution in [1.29, 1.82) is 0 Å². The first-order chi connectivity index (χ1) is 16.3. The average molecular weight is 508 g/mol. The Balaban J connectivity index is 1.80. The van der Waals surface area contributed by atoms with E-state index < -0.39 is 29.1 Å². The van der Waals surface area contributed by atoms with Crippen LogP contribution in [0, 0.1) is 11.6 Å². The molecule has 5 rings (SSSR count). The van der Waals surface area contributed by atoms with Crippen LogP contribution in [0.5, 0.6) is 0 Å². The van der Waals surface area contributed by atoms with E-state index in [0.29, 0.717) is 10.2 Å². The van der Waals surface area contributed by atoms with E-state index in [1.807, 2.05) is 0 Å². The molecule has 0 unspecified atom stereocenters. The molecule has 0 saturated carbocycles. The molecular formula is C23H11ClF5N3OS. The molecule has 2 aromatic carbocycles. The normalized spacial score (nSPS) is 11.8. The maximum atomic E-state index is 14.7. The van der Waals surface area contributed by atoms with E-state index in [1.54, 1.807) is 16.8 Å². The SMILES string of the molecule is Fc1cccc(-n2ncc(-c3onc(-c4c(F)cccc4Cl)c3-c3ccsc3)c2C(F)(F)F)c1. The number of halogens is 6. The summed E-state index contributed by atoms with van der Waals surface area (Å²) in [5.74, 6) is -1.71. The van der Waals surface area contributed by atoms with Gasteiger partial charge in [0.15, 0.2) is 11.5 Å². The third-order valence-electron chi connectivity index (χ3n) is 5.04. The maximum Gasteiger partial charge on any atom is 0.434 e. The molecule has 0 atom stereocenters. The third kappa shape index (κ3) is 3.78. The van der Waals surface area contributed by atoms with Crippen molar-refractivity contribution in [3.05, 3.63) is 87.8 Å². The second-order valence-electron chi connectivity index (χ2n) is 7.14. The lowest BCUT2D eigenvalue weighted by atomic mass is 9.98. The first-order valence-electron chi connectivity index (χ1n) is 9.64. The number of thiophene rings is 1. The van der Waals surface area contributed by atoms with Gasteiger partial charge in [-0.15, -0.1) is 0 Å². The van der Waals surface area contributed by atoms with Gasteiger partial charge < -0.3 is 4.52 Å². The molecule has 0 bridgehead atoms. The molecule has 0 aliphatic heterocycles. The van der Waals surface area contributed by atoms with Gasteiger partial charge in [0.25, 0.3) is 0 Å². The second-order valence-corrected chi connectivity index (χ2v) is 8.33. The van der Waals surface area contributed by atoms with E-state index in [2.05, 4.69) is 10.3 Å². The summed E-state index contributed by atoms with van der Waals surface area (Å²) in [4.78, 5) is 0. The van der Waals surface area contributed by atoms with Crippen molar-refractivity contribution in [1.82, 2.24) is 14.9 Å². The lowest BCUT2D eigenvalue weighted by molar-refractivity contribution is -0.142. The van der Waals surface area contributed by atoms with Crippen LogP contribution in [0.4, 0.5) is 22.0 Å². The molecule has 0 aliphatic carbocycles. The van der Waals surface area contributed by atoms with Crippen molar-refractivity contribution in [2.24, 2.45) is 0 Å². The van der Waals surface area contributed by atoms with Crippen LogP contribution >= 0.6 is 22.9 Å². The number of benzene rings is 2. The Morgan fingerprint density at radius 1 is 1.00 bits per heavy atom. The van der Waals surface area contributed by atoms with Crippen molar-refractivity contribution in [2.75, 3.05) is 0 Å². The minimum absolute atomic E-state index is 0.0165. The molecule has 0 amide bonds. The molecular weight excluding hydrogens is 497 g/mol. The lowest BCUT2D eigenvalue weighted by Crippen LogP contribution is -2.14. The minimum atomic E-state index is -4.90. The topological polar surface area (TPSA) is 43.9 Å². The van der Waals surface area contributed by atoms with Gasteiger partial charge in [-0.2, -0.15) is 29.6 Å². The van der Waals surface area contributed by atoms with E-state index in [0.717, 1.165) is 24.4 Å². The zero-order chi connectivity index (χ0) is 24.0. The molecule has 0 radical (unpaired) electrons. The summed E-state index contributed by atoms with van der Waals surface area (Å²) < 4.78 is 77.1. The lowest BCUT2D eigenvalue weighted by Gasteiger charge is -2.12. The highest BCUT2D eigenvalue weighted by Crippen LogP contribution is 2.47. The summed E-state index contributed by atoms with van der Waals surface area (Å²) in [5, 5.41) is 11.1. The smallest absolute Gasteiger partial charge is 0.355 e. The Bertz CT molecular complexity index is 1470. The summed E-state index contributed by atoms with van der Waals surface area (Å²) in [7, 11) is 0. The third-order valence-corrected chi connectivity index (χ3v) is 6.03. The van der Waals surface area contributed by atoms with E-state index in [-0.39, 0.29) is 33.3 Å². The first-order valence-corrected chi connectivity index (χ1v) is 11.0. The molecule has 0 saturated heterocycles. The molecule has 34 heavy (non-hydrogen) atoms. The van der Waals surface area contributed by atoms with Gasteiger partial charge in [-0.1, -0.05) is 28.9 Å². The van der Waals surface area contributed by atoms with Crippen LogP contribution in [0.2, 0.25) is 5.02 Å². The Morgan fingerprint density at radius 2 is 1.79 bits per heavy atom. The van der Waals surface area contributed by atoms with Crippen LogP contribution < -0.4 is 0 Å². The molecule has 4 nitrogen and oxygen atoms in total. The minimum Gasteiger partial charge on any atom is -0.355 e. The van der Waals surface area contributed by atoms with E-state index in [1.165, 1.54) is 35.6 Å². The maximum absolute atomic E-state index is 14.7. The van der Waals surface area contributed by atoms with Crippen LogP contribution in [0.3, 0.4) is 0 Å². The van der Waals surface area contributed by atoms with Crippen molar-refractivity contribution in [3.8, 4) is 39.4 Å². The fraction of sp³-hybridized carbons (Fsp3) is 0.0435. The molecule has 3 heterocycles. The van der Waals surface area contributed by atoms with Crippen molar-refractivity contribution < 1.29 is 26.5 Å². The molecule has 0 N–H and O–H groups in total. The summed E-state index contributed by atoms with van der Waals surface area (Å²) in [6.45, 7) is 0. The number of alkyl halides is 3. The summed E-state index contributed by atoms with van der Waals surface area (Å²) >= 11 is 7.49. The fourth-order valence-electron chi connectivity index (χ4n) is 3.63. The quantitative estimate of drug-likeness (QED) is 0.232. The number of aromatic nitrogens is 3. The predicted molar refractivity (Wildman–Crippen MR) is 118 cm³/mol. The van der Waals surface area contributed by atoms with Gasteiger partial charge in [0, 0.05) is 0 Å². The van der Waals surface area contributed by atoms with Gasteiger partial charge in [-0.3, -0.25) is 0 Å². The molecule has 0 aliphatic rings. The summed E-state index contributed by atoms with van der Waals surface area (Å²) in [5.41, 5.74) is -1.34. The summed E-state index contributed by atoms with van der Waals surface area (Å²) in [6.07, 6.45) is -3.94. The zero-order valence-electron chi connectivity index (χ0n) is 16.8.